The van der Waals surface area contributed by atoms with Crippen molar-refractivity contribution in [2.75, 3.05) is 25.4 Å². The molecule has 1 fully saturated rings. The van der Waals surface area contributed by atoms with E-state index in [0.29, 0.717) is 24.3 Å². The largest absolute Gasteiger partial charge is 0.489 e. The molecule has 0 spiro atoms. The van der Waals surface area contributed by atoms with E-state index in [1.807, 2.05) is 42.6 Å². The number of anilines is 1. The SMILES string of the molecule is Nc1nccn2c(C3CCC(CNCCCO)CC3)nc(-c3cccc(OCc4ccccc4)c3)c12. The van der Waals surface area contributed by atoms with Crippen LogP contribution < -0.4 is 15.8 Å². The molecule has 4 aromatic rings. The molecule has 0 unspecified atom stereocenters. The highest BCUT2D eigenvalue weighted by Crippen LogP contribution is 2.38. The minimum atomic E-state index is 0.245. The molecule has 4 N–H and O–H groups in total. The van der Waals surface area contributed by atoms with E-state index < -0.39 is 0 Å². The fraction of sp³-hybridized carbons (Fsp3) is 0.379. The lowest BCUT2D eigenvalue weighted by Crippen LogP contribution is -2.27. The van der Waals surface area contributed by atoms with E-state index >= 15 is 0 Å². The van der Waals surface area contributed by atoms with Gasteiger partial charge >= 0.3 is 0 Å². The lowest BCUT2D eigenvalue weighted by atomic mass is 9.81. The van der Waals surface area contributed by atoms with Crippen molar-refractivity contribution in [3.63, 3.8) is 0 Å². The van der Waals surface area contributed by atoms with Crippen LogP contribution >= 0.6 is 0 Å². The number of nitrogens with two attached hydrogens (primary N) is 1. The molecule has 36 heavy (non-hydrogen) atoms. The van der Waals surface area contributed by atoms with Gasteiger partial charge in [0.1, 0.15) is 35.2 Å². The van der Waals surface area contributed by atoms with E-state index in [-0.39, 0.29) is 6.61 Å². The van der Waals surface area contributed by atoms with Crippen molar-refractivity contribution in [3.8, 4) is 17.0 Å². The van der Waals surface area contributed by atoms with Gasteiger partial charge in [0.25, 0.3) is 0 Å². The number of aromatic nitrogens is 3. The Morgan fingerprint density at radius 1 is 1.06 bits per heavy atom. The molecule has 7 nitrogen and oxygen atoms in total. The van der Waals surface area contributed by atoms with Gasteiger partial charge in [0.2, 0.25) is 0 Å². The Bertz CT molecular complexity index is 1270. The third kappa shape index (κ3) is 5.53. The Hall–Kier alpha value is -3.42. The topological polar surface area (TPSA) is 97.7 Å². The first-order valence-corrected chi connectivity index (χ1v) is 12.9. The Morgan fingerprint density at radius 2 is 1.89 bits per heavy atom. The van der Waals surface area contributed by atoms with Crippen molar-refractivity contribution < 1.29 is 9.84 Å². The number of aliphatic hydroxyl groups excluding tert-OH is 1. The van der Waals surface area contributed by atoms with Crippen LogP contribution in [0.5, 0.6) is 5.75 Å². The zero-order chi connectivity index (χ0) is 24.7. The average Bonchev–Trinajstić information content (AvgIpc) is 3.32. The maximum absolute atomic E-state index is 8.97. The fourth-order valence-corrected chi connectivity index (χ4v) is 5.19. The van der Waals surface area contributed by atoms with Crippen molar-refractivity contribution in [1.82, 2.24) is 19.7 Å². The summed E-state index contributed by atoms with van der Waals surface area (Å²) in [7, 11) is 0. The van der Waals surface area contributed by atoms with Crippen LogP contribution in [0.15, 0.2) is 67.0 Å². The van der Waals surface area contributed by atoms with Gasteiger partial charge in [-0.25, -0.2) is 9.97 Å². The van der Waals surface area contributed by atoms with E-state index in [1.54, 1.807) is 6.20 Å². The van der Waals surface area contributed by atoms with Crippen molar-refractivity contribution in [2.24, 2.45) is 5.92 Å². The third-order valence-electron chi connectivity index (χ3n) is 7.12. The van der Waals surface area contributed by atoms with E-state index in [1.165, 1.54) is 12.8 Å². The van der Waals surface area contributed by atoms with Crippen LogP contribution in [0.25, 0.3) is 16.8 Å². The molecule has 2 aromatic carbocycles. The Kier molecular flexibility index (Phi) is 7.79. The molecular formula is C29H35N5O2. The fourth-order valence-electron chi connectivity index (χ4n) is 5.19. The van der Waals surface area contributed by atoms with E-state index in [2.05, 4.69) is 32.9 Å². The minimum Gasteiger partial charge on any atom is -0.489 e. The molecule has 5 rings (SSSR count). The Balaban J connectivity index is 1.35. The van der Waals surface area contributed by atoms with E-state index in [0.717, 1.165) is 66.3 Å². The van der Waals surface area contributed by atoms with Crippen LogP contribution in [0.3, 0.4) is 0 Å². The summed E-state index contributed by atoms with van der Waals surface area (Å²) in [5.41, 5.74) is 10.2. The molecule has 2 heterocycles. The number of imidazole rings is 1. The second-order valence-corrected chi connectivity index (χ2v) is 9.65. The quantitative estimate of drug-likeness (QED) is 0.279. The number of fused-ring (bicyclic) bond motifs is 1. The summed E-state index contributed by atoms with van der Waals surface area (Å²) in [5, 5.41) is 12.5. The van der Waals surface area contributed by atoms with Crippen LogP contribution in [0.1, 0.15) is 49.4 Å². The zero-order valence-electron chi connectivity index (χ0n) is 20.6. The first kappa shape index (κ1) is 24.3. The lowest BCUT2D eigenvalue weighted by Gasteiger charge is -2.28. The molecule has 7 heteroatoms. The maximum Gasteiger partial charge on any atom is 0.150 e. The van der Waals surface area contributed by atoms with Crippen LogP contribution in [-0.2, 0) is 6.61 Å². The summed E-state index contributed by atoms with van der Waals surface area (Å²) in [5.74, 6) is 3.42. The standard InChI is InChI=1S/C29H35N5O2/c30-28-27-26(24-8-4-9-25(18-24)36-20-22-6-2-1-3-7-22)33-29(34(27)16-15-32-28)23-12-10-21(11-13-23)19-31-14-5-17-35/h1-4,6-9,15-16,18,21,23,31,35H,5,10-14,17,19-20H2,(H2,30,32). The number of aliphatic hydroxyl groups is 1. The van der Waals surface area contributed by atoms with Gasteiger partial charge in [0.15, 0.2) is 0 Å². The molecule has 1 saturated carbocycles. The van der Waals surface area contributed by atoms with Gasteiger partial charge < -0.3 is 20.9 Å². The van der Waals surface area contributed by atoms with Gasteiger partial charge in [-0.1, -0.05) is 42.5 Å². The highest BCUT2D eigenvalue weighted by Gasteiger charge is 2.27. The van der Waals surface area contributed by atoms with Crippen molar-refractivity contribution in [2.45, 2.75) is 44.6 Å². The highest BCUT2D eigenvalue weighted by molar-refractivity contribution is 5.85. The van der Waals surface area contributed by atoms with Gasteiger partial charge in [0, 0.05) is 30.5 Å². The highest BCUT2D eigenvalue weighted by atomic mass is 16.5. The summed E-state index contributed by atoms with van der Waals surface area (Å²) in [6.07, 6.45) is 9.10. The predicted octanol–water partition coefficient (Wildman–Crippen LogP) is 4.80. The first-order valence-electron chi connectivity index (χ1n) is 12.9. The summed E-state index contributed by atoms with van der Waals surface area (Å²) < 4.78 is 8.22. The summed E-state index contributed by atoms with van der Waals surface area (Å²) in [6, 6.07) is 18.2. The van der Waals surface area contributed by atoms with Crippen LogP contribution in [0, 0.1) is 5.92 Å². The van der Waals surface area contributed by atoms with Crippen LogP contribution in [-0.4, -0.2) is 39.2 Å². The molecule has 0 aliphatic heterocycles. The number of hydrogen-bond donors (Lipinski definition) is 3. The van der Waals surface area contributed by atoms with Gasteiger partial charge in [-0.05, 0) is 68.8 Å². The number of benzene rings is 2. The molecule has 0 saturated heterocycles. The normalized spacial score (nSPS) is 17.9. The molecule has 1 aliphatic carbocycles. The molecule has 0 atom stereocenters. The number of ether oxygens (including phenoxy) is 1. The average molecular weight is 486 g/mol. The second-order valence-electron chi connectivity index (χ2n) is 9.65. The van der Waals surface area contributed by atoms with Crippen molar-refractivity contribution >= 4 is 11.3 Å². The maximum atomic E-state index is 8.97. The molecule has 0 amide bonds. The predicted molar refractivity (Wildman–Crippen MR) is 143 cm³/mol. The number of nitrogen functional groups attached to an aromatic ring is 1. The van der Waals surface area contributed by atoms with Crippen molar-refractivity contribution in [3.05, 3.63) is 78.4 Å². The molecular weight excluding hydrogens is 450 g/mol. The first-order chi connectivity index (χ1) is 17.7. The number of hydrogen-bond acceptors (Lipinski definition) is 6. The Morgan fingerprint density at radius 3 is 2.69 bits per heavy atom. The van der Waals surface area contributed by atoms with Gasteiger partial charge in [-0.15, -0.1) is 0 Å². The van der Waals surface area contributed by atoms with E-state index in [4.69, 9.17) is 20.6 Å². The van der Waals surface area contributed by atoms with Gasteiger partial charge in [-0.2, -0.15) is 0 Å². The molecule has 2 aromatic heterocycles. The summed E-state index contributed by atoms with van der Waals surface area (Å²) >= 11 is 0. The third-order valence-corrected chi connectivity index (χ3v) is 7.12. The summed E-state index contributed by atoms with van der Waals surface area (Å²) in [6.45, 7) is 2.66. The number of nitrogens with one attached hydrogen (secondary N) is 1. The lowest BCUT2D eigenvalue weighted by molar-refractivity contribution is 0.276. The monoisotopic (exact) mass is 485 g/mol. The minimum absolute atomic E-state index is 0.245. The molecule has 188 valence electrons. The smallest absolute Gasteiger partial charge is 0.150 e. The Labute approximate surface area is 212 Å². The molecule has 0 radical (unpaired) electrons. The van der Waals surface area contributed by atoms with Gasteiger partial charge in [0.05, 0.1) is 0 Å². The number of nitrogens with zero attached hydrogens (tertiary/aromatic N) is 3. The summed E-state index contributed by atoms with van der Waals surface area (Å²) in [4.78, 5) is 9.53. The van der Waals surface area contributed by atoms with Crippen LogP contribution in [0.4, 0.5) is 5.82 Å². The van der Waals surface area contributed by atoms with Crippen molar-refractivity contribution in [1.29, 1.82) is 0 Å². The second kappa shape index (κ2) is 11.5. The number of rotatable bonds is 10. The molecule has 1 aliphatic rings. The molecule has 0 bridgehead atoms. The zero-order valence-corrected chi connectivity index (χ0v) is 20.6. The van der Waals surface area contributed by atoms with Crippen LogP contribution in [0.2, 0.25) is 0 Å². The van der Waals surface area contributed by atoms with E-state index in [9.17, 15) is 0 Å². The van der Waals surface area contributed by atoms with Gasteiger partial charge in [-0.3, -0.25) is 4.40 Å².